The fraction of sp³-hybridized carbons (Fsp3) is 0.0800. The van der Waals surface area contributed by atoms with E-state index in [0.29, 0.717) is 22.1 Å². The number of phenols is 1. The van der Waals surface area contributed by atoms with E-state index in [1.807, 2.05) is 12.1 Å². The summed E-state index contributed by atoms with van der Waals surface area (Å²) >= 11 is 6.00. The third kappa shape index (κ3) is 4.87. The standard InChI is InChI=1S/C25H19ClN2O6/c1-33-22-13-15(5-10-21(22)34-14-16-3-2-4-17(26)11-16)12-20-23(30)27-25(32)28(24(20)31)18-6-8-19(29)9-7-18/h2-13,29H,14H2,1H3,(H,27,30,32)/b20-12+. The van der Waals surface area contributed by atoms with E-state index in [2.05, 4.69) is 5.32 Å². The average Bonchev–Trinajstić information content (AvgIpc) is 2.82. The van der Waals surface area contributed by atoms with Gasteiger partial charge in [-0.1, -0.05) is 29.8 Å². The summed E-state index contributed by atoms with van der Waals surface area (Å²) < 4.78 is 11.2. The van der Waals surface area contributed by atoms with Crippen LogP contribution in [-0.4, -0.2) is 30.1 Å². The molecular weight excluding hydrogens is 460 g/mol. The highest BCUT2D eigenvalue weighted by Gasteiger charge is 2.36. The summed E-state index contributed by atoms with van der Waals surface area (Å²) in [4.78, 5) is 38.5. The summed E-state index contributed by atoms with van der Waals surface area (Å²) in [5, 5.41) is 12.2. The van der Waals surface area contributed by atoms with Crippen LogP contribution in [0.2, 0.25) is 5.02 Å². The first-order chi connectivity index (χ1) is 16.4. The first-order valence-corrected chi connectivity index (χ1v) is 10.5. The Labute approximate surface area is 200 Å². The number of urea groups is 1. The minimum atomic E-state index is -0.875. The molecule has 8 nitrogen and oxygen atoms in total. The number of ether oxygens (including phenoxy) is 2. The van der Waals surface area contributed by atoms with Gasteiger partial charge < -0.3 is 14.6 Å². The molecule has 2 N–H and O–H groups in total. The van der Waals surface area contributed by atoms with Crippen LogP contribution in [0.15, 0.2) is 72.3 Å². The number of carbonyl (C=O) groups excluding carboxylic acids is 3. The Morgan fingerprint density at radius 1 is 1.00 bits per heavy atom. The van der Waals surface area contributed by atoms with Gasteiger partial charge in [-0.15, -0.1) is 0 Å². The maximum atomic E-state index is 13.0. The largest absolute Gasteiger partial charge is 0.508 e. The number of anilines is 1. The maximum Gasteiger partial charge on any atom is 0.335 e. The van der Waals surface area contributed by atoms with Gasteiger partial charge in [-0.25, -0.2) is 9.69 Å². The number of hydrogen-bond acceptors (Lipinski definition) is 6. The molecule has 0 atom stereocenters. The Morgan fingerprint density at radius 2 is 1.76 bits per heavy atom. The van der Waals surface area contributed by atoms with E-state index >= 15 is 0 Å². The number of imide groups is 2. The van der Waals surface area contributed by atoms with Crippen molar-refractivity contribution >= 4 is 41.2 Å². The molecule has 0 saturated carbocycles. The lowest BCUT2D eigenvalue weighted by Gasteiger charge is -2.26. The van der Waals surface area contributed by atoms with Gasteiger partial charge in [0.1, 0.15) is 17.9 Å². The monoisotopic (exact) mass is 478 g/mol. The molecule has 0 unspecified atom stereocenters. The predicted molar refractivity (Wildman–Crippen MR) is 126 cm³/mol. The van der Waals surface area contributed by atoms with Gasteiger partial charge in [0.05, 0.1) is 12.8 Å². The number of halogens is 1. The summed E-state index contributed by atoms with van der Waals surface area (Å²) in [5.41, 5.74) is 1.35. The van der Waals surface area contributed by atoms with Crippen molar-refractivity contribution in [1.29, 1.82) is 0 Å². The minimum Gasteiger partial charge on any atom is -0.508 e. The highest BCUT2D eigenvalue weighted by atomic mass is 35.5. The Hall–Kier alpha value is -4.30. The predicted octanol–water partition coefficient (Wildman–Crippen LogP) is 4.30. The van der Waals surface area contributed by atoms with E-state index in [0.717, 1.165) is 10.5 Å². The average molecular weight is 479 g/mol. The lowest BCUT2D eigenvalue weighted by molar-refractivity contribution is -0.122. The van der Waals surface area contributed by atoms with Crippen molar-refractivity contribution in [2.24, 2.45) is 0 Å². The van der Waals surface area contributed by atoms with E-state index in [9.17, 15) is 19.5 Å². The number of hydrogen-bond donors (Lipinski definition) is 2. The Balaban J connectivity index is 1.59. The highest BCUT2D eigenvalue weighted by molar-refractivity contribution is 6.39. The number of amides is 4. The molecule has 1 aliphatic heterocycles. The molecule has 3 aromatic carbocycles. The van der Waals surface area contributed by atoms with Gasteiger partial charge in [-0.05, 0) is 65.7 Å². The number of nitrogens with zero attached hydrogens (tertiary/aromatic N) is 1. The molecule has 3 aromatic rings. The summed E-state index contributed by atoms with van der Waals surface area (Å²) in [6.45, 7) is 0.266. The van der Waals surface area contributed by atoms with E-state index < -0.39 is 17.8 Å². The summed E-state index contributed by atoms with van der Waals surface area (Å²) in [6, 6.07) is 16.8. The Morgan fingerprint density at radius 3 is 2.47 bits per heavy atom. The van der Waals surface area contributed by atoms with Gasteiger partial charge in [-0.2, -0.15) is 0 Å². The van der Waals surface area contributed by atoms with Crippen molar-refractivity contribution in [2.45, 2.75) is 6.61 Å². The number of rotatable bonds is 6. The smallest absolute Gasteiger partial charge is 0.335 e. The minimum absolute atomic E-state index is 0.0229. The second kappa shape index (κ2) is 9.68. The van der Waals surface area contributed by atoms with Crippen LogP contribution in [0.25, 0.3) is 6.08 Å². The number of aromatic hydroxyl groups is 1. The number of methoxy groups -OCH3 is 1. The number of barbiturate groups is 1. The highest BCUT2D eigenvalue weighted by Crippen LogP contribution is 2.31. The molecule has 0 bridgehead atoms. The Bertz CT molecular complexity index is 1300. The fourth-order valence-electron chi connectivity index (χ4n) is 3.34. The van der Waals surface area contributed by atoms with Crippen molar-refractivity contribution in [1.82, 2.24) is 5.32 Å². The molecule has 4 amide bonds. The summed E-state index contributed by atoms with van der Waals surface area (Å²) in [5.74, 6) is -0.772. The Kier molecular flexibility index (Phi) is 6.51. The molecular formula is C25H19ClN2O6. The van der Waals surface area contributed by atoms with Crippen LogP contribution in [0.4, 0.5) is 10.5 Å². The zero-order valence-electron chi connectivity index (χ0n) is 17.9. The molecule has 1 heterocycles. The first kappa shape index (κ1) is 22.9. The van der Waals surface area contributed by atoms with Gasteiger partial charge in [-0.3, -0.25) is 14.9 Å². The van der Waals surface area contributed by atoms with Crippen LogP contribution in [0.1, 0.15) is 11.1 Å². The molecule has 0 aromatic heterocycles. The van der Waals surface area contributed by atoms with Crippen molar-refractivity contribution in [3.63, 3.8) is 0 Å². The third-order valence-corrected chi connectivity index (χ3v) is 5.23. The fourth-order valence-corrected chi connectivity index (χ4v) is 3.55. The second-order valence-electron chi connectivity index (χ2n) is 7.30. The molecule has 1 fully saturated rings. The van der Waals surface area contributed by atoms with Crippen molar-refractivity contribution in [3.8, 4) is 17.2 Å². The molecule has 0 radical (unpaired) electrons. The molecule has 0 spiro atoms. The third-order valence-electron chi connectivity index (χ3n) is 4.99. The molecule has 4 rings (SSSR count). The summed E-state index contributed by atoms with van der Waals surface area (Å²) in [7, 11) is 1.47. The van der Waals surface area contributed by atoms with Crippen LogP contribution in [0.5, 0.6) is 17.2 Å². The molecule has 34 heavy (non-hydrogen) atoms. The van der Waals surface area contributed by atoms with Crippen LogP contribution in [-0.2, 0) is 16.2 Å². The number of benzene rings is 3. The molecule has 0 aliphatic carbocycles. The van der Waals surface area contributed by atoms with Crippen LogP contribution < -0.4 is 19.7 Å². The van der Waals surface area contributed by atoms with Gasteiger partial charge in [0.25, 0.3) is 11.8 Å². The molecule has 1 aliphatic rings. The quantitative estimate of drug-likeness (QED) is 0.404. The lowest BCUT2D eigenvalue weighted by atomic mass is 10.1. The second-order valence-corrected chi connectivity index (χ2v) is 7.74. The van der Waals surface area contributed by atoms with Gasteiger partial charge in [0, 0.05) is 5.02 Å². The zero-order chi connectivity index (χ0) is 24.2. The van der Waals surface area contributed by atoms with Crippen molar-refractivity contribution < 1.29 is 29.0 Å². The number of carbonyl (C=O) groups is 3. The van der Waals surface area contributed by atoms with Crippen LogP contribution >= 0.6 is 11.6 Å². The van der Waals surface area contributed by atoms with Gasteiger partial charge in [0.2, 0.25) is 0 Å². The first-order valence-electron chi connectivity index (χ1n) is 10.1. The zero-order valence-corrected chi connectivity index (χ0v) is 18.7. The number of nitrogens with one attached hydrogen (secondary N) is 1. The lowest BCUT2D eigenvalue weighted by Crippen LogP contribution is -2.54. The van der Waals surface area contributed by atoms with Gasteiger partial charge >= 0.3 is 6.03 Å². The van der Waals surface area contributed by atoms with E-state index in [-0.39, 0.29) is 23.6 Å². The van der Waals surface area contributed by atoms with Crippen LogP contribution in [0, 0.1) is 0 Å². The van der Waals surface area contributed by atoms with E-state index in [4.69, 9.17) is 21.1 Å². The van der Waals surface area contributed by atoms with E-state index in [1.54, 1.807) is 30.3 Å². The topological polar surface area (TPSA) is 105 Å². The van der Waals surface area contributed by atoms with Crippen molar-refractivity contribution in [2.75, 3.05) is 12.0 Å². The maximum absolute atomic E-state index is 13.0. The number of phenolic OH excluding ortho intramolecular Hbond substituents is 1. The van der Waals surface area contributed by atoms with Gasteiger partial charge in [0.15, 0.2) is 11.5 Å². The molecule has 172 valence electrons. The normalized spacial score (nSPS) is 14.8. The molecule has 9 heteroatoms. The van der Waals surface area contributed by atoms with E-state index in [1.165, 1.54) is 37.5 Å². The summed E-state index contributed by atoms with van der Waals surface area (Å²) in [6.07, 6.45) is 1.36. The van der Waals surface area contributed by atoms with Crippen molar-refractivity contribution in [3.05, 3.63) is 88.5 Å². The SMILES string of the molecule is COc1cc(/C=C2\C(=O)NC(=O)N(c3ccc(O)cc3)C2=O)ccc1OCc1cccc(Cl)c1. The van der Waals surface area contributed by atoms with Crippen LogP contribution in [0.3, 0.4) is 0 Å². The molecule has 1 saturated heterocycles.